The fourth-order valence-electron chi connectivity index (χ4n) is 2.63. The van der Waals surface area contributed by atoms with Crippen molar-refractivity contribution in [3.05, 3.63) is 0 Å². The van der Waals surface area contributed by atoms with Crippen LogP contribution < -0.4 is 5.73 Å². The van der Waals surface area contributed by atoms with Gasteiger partial charge in [0.15, 0.2) is 0 Å². The summed E-state index contributed by atoms with van der Waals surface area (Å²) in [5, 5.41) is 8.54. The van der Waals surface area contributed by atoms with E-state index in [1.165, 1.54) is 12.8 Å². The summed E-state index contributed by atoms with van der Waals surface area (Å²) in [4.78, 5) is 23.6. The van der Waals surface area contributed by atoms with Gasteiger partial charge in [-0.1, -0.05) is 19.3 Å². The number of amides is 1. The Labute approximate surface area is 108 Å². The average Bonchev–Trinajstić information content (AvgIpc) is 2.79. The molecular formula is C13H24N2O3. The van der Waals surface area contributed by atoms with Gasteiger partial charge in [0.1, 0.15) is 0 Å². The molecule has 1 saturated carbocycles. The molecule has 5 nitrogen and oxygen atoms in total. The smallest absolute Gasteiger partial charge is 0.303 e. The van der Waals surface area contributed by atoms with Crippen LogP contribution in [-0.2, 0) is 9.59 Å². The lowest BCUT2D eigenvalue weighted by Gasteiger charge is -2.27. The second-order valence-electron chi connectivity index (χ2n) is 5.08. The third kappa shape index (κ3) is 6.00. The molecule has 104 valence electrons. The summed E-state index contributed by atoms with van der Waals surface area (Å²) in [5.41, 5.74) is 5.27. The molecule has 1 aliphatic carbocycles. The first-order valence-corrected chi connectivity index (χ1v) is 6.83. The third-order valence-electron chi connectivity index (χ3n) is 3.54. The molecule has 1 rings (SSSR count). The molecule has 18 heavy (non-hydrogen) atoms. The summed E-state index contributed by atoms with van der Waals surface area (Å²) in [6.45, 7) is 1.19. The Balaban J connectivity index is 2.23. The van der Waals surface area contributed by atoms with Crippen molar-refractivity contribution in [3.63, 3.8) is 0 Å². The fourth-order valence-corrected chi connectivity index (χ4v) is 2.63. The highest BCUT2D eigenvalue weighted by Gasteiger charge is 2.23. The standard InChI is InChI=1S/C13H24N2O3/c14-12(16)10-15(11-6-3-4-7-11)9-5-1-2-8-13(17)18/h11H,1-10H2,(H2,14,16)(H,17,18). The summed E-state index contributed by atoms with van der Waals surface area (Å²) < 4.78 is 0. The van der Waals surface area contributed by atoms with Crippen molar-refractivity contribution in [1.29, 1.82) is 0 Å². The van der Waals surface area contributed by atoms with Gasteiger partial charge in [-0.3, -0.25) is 14.5 Å². The van der Waals surface area contributed by atoms with Crippen LogP contribution in [0.4, 0.5) is 0 Å². The van der Waals surface area contributed by atoms with Crippen LogP contribution in [0.1, 0.15) is 51.4 Å². The van der Waals surface area contributed by atoms with Crippen LogP contribution in [0.2, 0.25) is 0 Å². The van der Waals surface area contributed by atoms with E-state index < -0.39 is 5.97 Å². The molecule has 1 aliphatic rings. The zero-order valence-electron chi connectivity index (χ0n) is 10.9. The fraction of sp³-hybridized carbons (Fsp3) is 0.846. The Hall–Kier alpha value is -1.10. The predicted molar refractivity (Wildman–Crippen MR) is 69.1 cm³/mol. The molecular weight excluding hydrogens is 232 g/mol. The molecule has 0 radical (unpaired) electrons. The van der Waals surface area contributed by atoms with Gasteiger partial charge in [0.05, 0.1) is 6.54 Å². The quantitative estimate of drug-likeness (QED) is 0.610. The minimum absolute atomic E-state index is 0.235. The van der Waals surface area contributed by atoms with Gasteiger partial charge < -0.3 is 10.8 Å². The summed E-state index contributed by atoms with van der Waals surface area (Å²) in [6, 6.07) is 0.497. The molecule has 0 spiro atoms. The van der Waals surface area contributed by atoms with E-state index in [1.54, 1.807) is 0 Å². The number of primary amides is 1. The molecule has 0 bridgehead atoms. The monoisotopic (exact) mass is 256 g/mol. The van der Waals surface area contributed by atoms with Crippen LogP contribution in [0.5, 0.6) is 0 Å². The van der Waals surface area contributed by atoms with Crippen LogP contribution >= 0.6 is 0 Å². The van der Waals surface area contributed by atoms with E-state index in [9.17, 15) is 9.59 Å². The Kier molecular flexibility index (Phi) is 6.72. The number of carbonyl (C=O) groups is 2. The van der Waals surface area contributed by atoms with E-state index in [0.717, 1.165) is 32.2 Å². The Morgan fingerprint density at radius 1 is 1.17 bits per heavy atom. The lowest BCUT2D eigenvalue weighted by atomic mass is 10.1. The number of hydrogen-bond acceptors (Lipinski definition) is 3. The summed E-state index contributed by atoms with van der Waals surface area (Å²) in [5.74, 6) is -1.01. The number of hydrogen-bond donors (Lipinski definition) is 2. The predicted octanol–water partition coefficient (Wildman–Crippen LogP) is 1.36. The largest absolute Gasteiger partial charge is 0.481 e. The molecule has 0 aromatic heterocycles. The highest BCUT2D eigenvalue weighted by atomic mass is 16.4. The van der Waals surface area contributed by atoms with E-state index >= 15 is 0 Å². The van der Waals surface area contributed by atoms with Gasteiger partial charge in [0, 0.05) is 12.5 Å². The Bertz CT molecular complexity index is 275. The minimum Gasteiger partial charge on any atom is -0.481 e. The summed E-state index contributed by atoms with van der Waals surface area (Å²) >= 11 is 0. The second kappa shape index (κ2) is 8.08. The number of unbranched alkanes of at least 4 members (excludes halogenated alkanes) is 2. The molecule has 0 aromatic carbocycles. The molecule has 0 atom stereocenters. The molecule has 1 fully saturated rings. The SMILES string of the molecule is NC(=O)CN(CCCCCC(=O)O)C1CCCC1. The van der Waals surface area contributed by atoms with Crippen molar-refractivity contribution in [2.75, 3.05) is 13.1 Å². The van der Waals surface area contributed by atoms with Crippen LogP contribution in [0.15, 0.2) is 0 Å². The zero-order valence-corrected chi connectivity index (χ0v) is 10.9. The first-order chi connectivity index (χ1) is 8.59. The van der Waals surface area contributed by atoms with Gasteiger partial charge >= 0.3 is 5.97 Å². The molecule has 1 amide bonds. The number of nitrogens with two attached hydrogens (primary N) is 1. The topological polar surface area (TPSA) is 83.6 Å². The normalized spacial score (nSPS) is 16.3. The number of rotatable bonds is 9. The lowest BCUT2D eigenvalue weighted by Crippen LogP contribution is -2.40. The van der Waals surface area contributed by atoms with E-state index in [4.69, 9.17) is 10.8 Å². The number of carboxylic acids is 1. The van der Waals surface area contributed by atoms with E-state index in [0.29, 0.717) is 19.0 Å². The van der Waals surface area contributed by atoms with Gasteiger partial charge in [-0.2, -0.15) is 0 Å². The van der Waals surface area contributed by atoms with Crippen molar-refractivity contribution in [2.24, 2.45) is 5.73 Å². The van der Waals surface area contributed by atoms with Crippen LogP contribution in [0.3, 0.4) is 0 Å². The zero-order chi connectivity index (χ0) is 13.4. The molecule has 0 heterocycles. The molecule has 0 aromatic rings. The third-order valence-corrected chi connectivity index (χ3v) is 3.54. The maximum Gasteiger partial charge on any atom is 0.303 e. The second-order valence-corrected chi connectivity index (χ2v) is 5.08. The average molecular weight is 256 g/mol. The summed E-state index contributed by atoms with van der Waals surface area (Å²) in [6.07, 6.45) is 7.57. The van der Waals surface area contributed by atoms with Gasteiger partial charge in [-0.05, 0) is 32.2 Å². The Morgan fingerprint density at radius 3 is 2.39 bits per heavy atom. The maximum atomic E-state index is 11.0. The molecule has 5 heteroatoms. The number of carboxylic acid groups (broad SMARTS) is 1. The molecule has 3 N–H and O–H groups in total. The van der Waals surface area contributed by atoms with E-state index in [1.807, 2.05) is 0 Å². The van der Waals surface area contributed by atoms with Crippen molar-refractivity contribution in [1.82, 2.24) is 4.90 Å². The van der Waals surface area contributed by atoms with E-state index in [-0.39, 0.29) is 12.3 Å². The van der Waals surface area contributed by atoms with Crippen LogP contribution in [0.25, 0.3) is 0 Å². The highest BCUT2D eigenvalue weighted by Crippen LogP contribution is 2.23. The van der Waals surface area contributed by atoms with Gasteiger partial charge in [0.25, 0.3) is 0 Å². The number of nitrogens with zero attached hydrogens (tertiary/aromatic N) is 1. The summed E-state index contributed by atoms with van der Waals surface area (Å²) in [7, 11) is 0. The molecule has 0 unspecified atom stereocenters. The molecule has 0 aliphatic heterocycles. The van der Waals surface area contributed by atoms with Gasteiger partial charge in [0.2, 0.25) is 5.91 Å². The van der Waals surface area contributed by atoms with Crippen LogP contribution in [0, 0.1) is 0 Å². The van der Waals surface area contributed by atoms with Crippen LogP contribution in [-0.4, -0.2) is 41.0 Å². The van der Waals surface area contributed by atoms with Crippen molar-refractivity contribution in [2.45, 2.75) is 57.4 Å². The van der Waals surface area contributed by atoms with Gasteiger partial charge in [-0.15, -0.1) is 0 Å². The lowest BCUT2D eigenvalue weighted by molar-refractivity contribution is -0.137. The molecule has 0 saturated heterocycles. The number of carbonyl (C=O) groups excluding carboxylic acids is 1. The highest BCUT2D eigenvalue weighted by molar-refractivity contribution is 5.75. The van der Waals surface area contributed by atoms with Crippen molar-refractivity contribution in [3.8, 4) is 0 Å². The first-order valence-electron chi connectivity index (χ1n) is 6.83. The number of aliphatic carboxylic acids is 1. The van der Waals surface area contributed by atoms with Crippen molar-refractivity contribution < 1.29 is 14.7 Å². The van der Waals surface area contributed by atoms with Gasteiger partial charge in [-0.25, -0.2) is 0 Å². The minimum atomic E-state index is -0.736. The first kappa shape index (κ1) is 15.0. The van der Waals surface area contributed by atoms with Crippen molar-refractivity contribution >= 4 is 11.9 Å². The van der Waals surface area contributed by atoms with E-state index in [2.05, 4.69) is 4.90 Å². The maximum absolute atomic E-state index is 11.0. The Morgan fingerprint density at radius 2 is 1.83 bits per heavy atom.